The van der Waals surface area contributed by atoms with Gasteiger partial charge in [-0.3, -0.25) is 0 Å². The summed E-state index contributed by atoms with van der Waals surface area (Å²) >= 11 is 0. The molecule has 0 unspecified atom stereocenters. The SMILES string of the molecule is CCCCCCc1nc2cc(C#N)ccc2n1CCC. The highest BCUT2D eigenvalue weighted by Crippen LogP contribution is 2.20. The van der Waals surface area contributed by atoms with Gasteiger partial charge in [0.15, 0.2) is 0 Å². The van der Waals surface area contributed by atoms with Gasteiger partial charge in [-0.05, 0) is 31.0 Å². The molecule has 0 spiro atoms. The van der Waals surface area contributed by atoms with Crippen LogP contribution < -0.4 is 0 Å². The maximum absolute atomic E-state index is 8.99. The van der Waals surface area contributed by atoms with Gasteiger partial charge in [0.25, 0.3) is 0 Å². The van der Waals surface area contributed by atoms with Crippen molar-refractivity contribution in [2.45, 2.75) is 58.9 Å². The van der Waals surface area contributed by atoms with Crippen LogP contribution >= 0.6 is 0 Å². The third-order valence-corrected chi connectivity index (χ3v) is 3.66. The zero-order valence-corrected chi connectivity index (χ0v) is 12.5. The molecule has 106 valence electrons. The molecular weight excluding hydrogens is 246 g/mol. The van der Waals surface area contributed by atoms with Gasteiger partial charge in [-0.15, -0.1) is 0 Å². The second-order valence-corrected chi connectivity index (χ2v) is 5.31. The Morgan fingerprint density at radius 1 is 1.15 bits per heavy atom. The van der Waals surface area contributed by atoms with Crippen LogP contribution in [0.1, 0.15) is 57.3 Å². The van der Waals surface area contributed by atoms with Crippen LogP contribution in [-0.4, -0.2) is 9.55 Å². The zero-order chi connectivity index (χ0) is 14.4. The number of hydrogen-bond donors (Lipinski definition) is 0. The molecule has 0 saturated carbocycles. The molecule has 0 N–H and O–H groups in total. The minimum Gasteiger partial charge on any atom is -0.328 e. The van der Waals surface area contributed by atoms with Crippen LogP contribution in [0.4, 0.5) is 0 Å². The summed E-state index contributed by atoms with van der Waals surface area (Å²) in [7, 11) is 0. The predicted molar refractivity (Wildman–Crippen MR) is 82.6 cm³/mol. The lowest BCUT2D eigenvalue weighted by atomic mass is 10.1. The van der Waals surface area contributed by atoms with Gasteiger partial charge in [0.1, 0.15) is 5.82 Å². The van der Waals surface area contributed by atoms with E-state index < -0.39 is 0 Å². The number of rotatable bonds is 7. The zero-order valence-electron chi connectivity index (χ0n) is 12.5. The van der Waals surface area contributed by atoms with Crippen molar-refractivity contribution in [1.29, 1.82) is 5.26 Å². The fraction of sp³-hybridized carbons (Fsp3) is 0.529. The van der Waals surface area contributed by atoms with Crippen molar-refractivity contribution in [2.75, 3.05) is 0 Å². The van der Waals surface area contributed by atoms with Crippen molar-refractivity contribution in [3.63, 3.8) is 0 Å². The number of benzene rings is 1. The summed E-state index contributed by atoms with van der Waals surface area (Å²) in [5.41, 5.74) is 2.82. The van der Waals surface area contributed by atoms with Crippen molar-refractivity contribution in [3.05, 3.63) is 29.6 Å². The van der Waals surface area contributed by atoms with E-state index in [9.17, 15) is 0 Å². The Morgan fingerprint density at radius 2 is 2.00 bits per heavy atom. The topological polar surface area (TPSA) is 41.6 Å². The molecule has 0 aliphatic rings. The molecule has 0 fully saturated rings. The molecule has 3 nitrogen and oxygen atoms in total. The van der Waals surface area contributed by atoms with E-state index in [1.807, 2.05) is 18.2 Å². The molecule has 0 saturated heterocycles. The Labute approximate surface area is 121 Å². The first-order valence-electron chi connectivity index (χ1n) is 7.69. The van der Waals surface area contributed by atoms with Gasteiger partial charge in [0.05, 0.1) is 22.7 Å². The van der Waals surface area contributed by atoms with E-state index >= 15 is 0 Å². The van der Waals surface area contributed by atoms with E-state index in [-0.39, 0.29) is 0 Å². The van der Waals surface area contributed by atoms with E-state index in [1.165, 1.54) is 31.5 Å². The number of unbranched alkanes of at least 4 members (excludes halogenated alkanes) is 3. The molecule has 20 heavy (non-hydrogen) atoms. The highest BCUT2D eigenvalue weighted by atomic mass is 15.1. The van der Waals surface area contributed by atoms with Crippen molar-refractivity contribution in [3.8, 4) is 6.07 Å². The van der Waals surface area contributed by atoms with Gasteiger partial charge < -0.3 is 4.57 Å². The predicted octanol–water partition coefficient (Wildman–Crippen LogP) is 4.44. The Hall–Kier alpha value is -1.82. The fourth-order valence-corrected chi connectivity index (χ4v) is 2.62. The van der Waals surface area contributed by atoms with E-state index in [4.69, 9.17) is 10.2 Å². The molecular formula is C17H23N3. The average Bonchev–Trinajstić information content (AvgIpc) is 2.81. The van der Waals surface area contributed by atoms with Crippen molar-refractivity contribution >= 4 is 11.0 Å². The summed E-state index contributed by atoms with van der Waals surface area (Å²) in [6, 6.07) is 8.01. The van der Waals surface area contributed by atoms with Gasteiger partial charge in [-0.25, -0.2) is 4.98 Å². The lowest BCUT2D eigenvalue weighted by molar-refractivity contribution is 0.607. The lowest BCUT2D eigenvalue weighted by Gasteiger charge is -2.07. The van der Waals surface area contributed by atoms with E-state index in [2.05, 4.69) is 24.5 Å². The fourth-order valence-electron chi connectivity index (χ4n) is 2.62. The number of nitrogens with zero attached hydrogens (tertiary/aromatic N) is 3. The molecule has 0 atom stereocenters. The molecule has 0 aliphatic heterocycles. The van der Waals surface area contributed by atoms with Gasteiger partial charge in [0.2, 0.25) is 0 Å². The molecule has 2 aromatic rings. The summed E-state index contributed by atoms with van der Waals surface area (Å²) in [4.78, 5) is 4.75. The second-order valence-electron chi connectivity index (χ2n) is 5.31. The van der Waals surface area contributed by atoms with E-state index in [0.29, 0.717) is 5.56 Å². The molecule has 0 bridgehead atoms. The number of fused-ring (bicyclic) bond motifs is 1. The summed E-state index contributed by atoms with van der Waals surface area (Å²) in [6.45, 7) is 5.43. The molecule has 0 radical (unpaired) electrons. The van der Waals surface area contributed by atoms with Crippen LogP contribution in [0.15, 0.2) is 18.2 Å². The van der Waals surface area contributed by atoms with Gasteiger partial charge >= 0.3 is 0 Å². The summed E-state index contributed by atoms with van der Waals surface area (Å²) in [5.74, 6) is 1.17. The molecule has 1 heterocycles. The van der Waals surface area contributed by atoms with Crippen LogP contribution in [0.2, 0.25) is 0 Å². The van der Waals surface area contributed by atoms with Crippen LogP contribution in [-0.2, 0) is 13.0 Å². The summed E-state index contributed by atoms with van der Waals surface area (Å²) in [6.07, 6.45) is 7.18. The van der Waals surface area contributed by atoms with Crippen LogP contribution in [0.25, 0.3) is 11.0 Å². The summed E-state index contributed by atoms with van der Waals surface area (Å²) < 4.78 is 2.32. The van der Waals surface area contributed by atoms with Crippen molar-refractivity contribution in [1.82, 2.24) is 9.55 Å². The largest absolute Gasteiger partial charge is 0.328 e. The number of hydrogen-bond acceptors (Lipinski definition) is 2. The molecule has 3 heteroatoms. The van der Waals surface area contributed by atoms with Crippen LogP contribution in [0.3, 0.4) is 0 Å². The molecule has 1 aromatic carbocycles. The highest BCUT2D eigenvalue weighted by Gasteiger charge is 2.10. The second kappa shape index (κ2) is 7.09. The lowest BCUT2D eigenvalue weighted by Crippen LogP contribution is -2.03. The first-order chi connectivity index (χ1) is 9.80. The number of imidazole rings is 1. The first kappa shape index (κ1) is 14.6. The normalized spacial score (nSPS) is 10.8. The van der Waals surface area contributed by atoms with Gasteiger partial charge in [-0.1, -0.05) is 33.1 Å². The minimum absolute atomic E-state index is 0.691. The Bertz CT molecular complexity index is 604. The molecule has 2 rings (SSSR count). The monoisotopic (exact) mass is 269 g/mol. The first-order valence-corrected chi connectivity index (χ1v) is 7.69. The molecule has 1 aromatic heterocycles. The van der Waals surface area contributed by atoms with Crippen molar-refractivity contribution < 1.29 is 0 Å². The Morgan fingerprint density at radius 3 is 2.70 bits per heavy atom. The molecule has 0 amide bonds. The third kappa shape index (κ3) is 3.19. The number of aryl methyl sites for hydroxylation is 2. The Kier molecular flexibility index (Phi) is 5.17. The highest BCUT2D eigenvalue weighted by molar-refractivity contribution is 5.77. The van der Waals surface area contributed by atoms with E-state index in [0.717, 1.165) is 30.4 Å². The van der Waals surface area contributed by atoms with Gasteiger partial charge in [-0.2, -0.15) is 5.26 Å². The van der Waals surface area contributed by atoms with Crippen molar-refractivity contribution in [2.24, 2.45) is 0 Å². The maximum atomic E-state index is 8.99. The van der Waals surface area contributed by atoms with Gasteiger partial charge in [0, 0.05) is 13.0 Å². The quantitative estimate of drug-likeness (QED) is 0.697. The van der Waals surface area contributed by atoms with E-state index in [1.54, 1.807) is 0 Å². The summed E-state index contributed by atoms with van der Waals surface area (Å²) in [5, 5.41) is 8.99. The number of aromatic nitrogens is 2. The average molecular weight is 269 g/mol. The van der Waals surface area contributed by atoms with Crippen LogP contribution in [0.5, 0.6) is 0 Å². The standard InChI is InChI=1S/C17H23N3/c1-3-5-6-7-8-17-19-15-12-14(13-18)9-10-16(15)20(17)11-4-2/h9-10,12H,3-8,11H2,1-2H3. The minimum atomic E-state index is 0.691. The third-order valence-electron chi connectivity index (χ3n) is 3.66. The molecule has 0 aliphatic carbocycles. The van der Waals surface area contributed by atoms with Crippen LogP contribution in [0, 0.1) is 11.3 Å². The Balaban J connectivity index is 2.27. The maximum Gasteiger partial charge on any atom is 0.109 e. The smallest absolute Gasteiger partial charge is 0.109 e. The number of nitriles is 1.